The number of hydrogen-bond donors (Lipinski definition) is 3. The molecule has 5 nitrogen and oxygen atoms in total. The smallest absolute Gasteiger partial charge is 0.319 e. The van der Waals surface area contributed by atoms with Crippen LogP contribution in [0.2, 0.25) is 0 Å². The van der Waals surface area contributed by atoms with Crippen molar-refractivity contribution in [1.29, 1.82) is 0 Å². The normalized spacial score (nSPS) is 21.5. The lowest BCUT2D eigenvalue weighted by atomic mass is 10.1. The SMILES string of the molecule is Cc1cccc(C)c1NC(=O)N[C@H]1CC[C@@H](C(=O)O)C1. The number of aryl methyl sites for hydroxylation is 2. The zero-order valence-electron chi connectivity index (χ0n) is 11.8. The minimum absolute atomic E-state index is 0.0552. The molecule has 108 valence electrons. The fraction of sp³-hybridized carbons (Fsp3) is 0.467. The minimum Gasteiger partial charge on any atom is -0.481 e. The summed E-state index contributed by atoms with van der Waals surface area (Å²) in [5.41, 5.74) is 2.84. The maximum Gasteiger partial charge on any atom is 0.319 e. The molecule has 2 atom stereocenters. The fourth-order valence-corrected chi connectivity index (χ4v) is 2.68. The molecule has 0 aliphatic heterocycles. The highest BCUT2D eigenvalue weighted by atomic mass is 16.4. The monoisotopic (exact) mass is 276 g/mol. The molecule has 0 spiro atoms. The summed E-state index contributed by atoms with van der Waals surface area (Å²) in [6, 6.07) is 5.51. The first kappa shape index (κ1) is 14.4. The van der Waals surface area contributed by atoms with Gasteiger partial charge in [-0.05, 0) is 44.2 Å². The largest absolute Gasteiger partial charge is 0.481 e. The molecule has 1 aromatic carbocycles. The summed E-state index contributed by atoms with van der Waals surface area (Å²) < 4.78 is 0. The number of carboxylic acids is 1. The van der Waals surface area contributed by atoms with Crippen molar-refractivity contribution in [2.75, 3.05) is 5.32 Å². The van der Waals surface area contributed by atoms with Gasteiger partial charge >= 0.3 is 12.0 Å². The van der Waals surface area contributed by atoms with E-state index in [2.05, 4.69) is 10.6 Å². The number of para-hydroxylation sites is 1. The van der Waals surface area contributed by atoms with E-state index in [4.69, 9.17) is 5.11 Å². The molecule has 0 aromatic heterocycles. The molecule has 20 heavy (non-hydrogen) atoms. The van der Waals surface area contributed by atoms with Crippen molar-refractivity contribution in [2.24, 2.45) is 5.92 Å². The number of anilines is 1. The van der Waals surface area contributed by atoms with Gasteiger partial charge in [0.2, 0.25) is 0 Å². The number of aliphatic carboxylic acids is 1. The Labute approximate surface area is 118 Å². The van der Waals surface area contributed by atoms with Crippen molar-refractivity contribution >= 4 is 17.7 Å². The molecule has 1 aliphatic carbocycles. The van der Waals surface area contributed by atoms with Gasteiger partial charge in [0.05, 0.1) is 5.92 Å². The number of hydrogen-bond acceptors (Lipinski definition) is 2. The van der Waals surface area contributed by atoms with E-state index in [1.54, 1.807) is 0 Å². The predicted molar refractivity (Wildman–Crippen MR) is 76.8 cm³/mol. The van der Waals surface area contributed by atoms with Gasteiger partial charge in [0, 0.05) is 11.7 Å². The Morgan fingerprint density at radius 1 is 1.20 bits per heavy atom. The predicted octanol–water partition coefficient (Wildman–Crippen LogP) is 2.68. The van der Waals surface area contributed by atoms with Crippen LogP contribution in [-0.2, 0) is 4.79 Å². The van der Waals surface area contributed by atoms with E-state index in [1.165, 1.54) is 0 Å². The summed E-state index contributed by atoms with van der Waals surface area (Å²) in [5.74, 6) is -1.11. The fourth-order valence-electron chi connectivity index (χ4n) is 2.68. The highest BCUT2D eigenvalue weighted by molar-refractivity contribution is 5.91. The van der Waals surface area contributed by atoms with Crippen LogP contribution in [0.15, 0.2) is 18.2 Å². The van der Waals surface area contributed by atoms with Crippen LogP contribution in [0.5, 0.6) is 0 Å². The first-order valence-corrected chi connectivity index (χ1v) is 6.84. The van der Waals surface area contributed by atoms with Crippen molar-refractivity contribution in [3.63, 3.8) is 0 Å². The van der Waals surface area contributed by atoms with E-state index in [0.717, 1.165) is 23.2 Å². The van der Waals surface area contributed by atoms with Crippen LogP contribution < -0.4 is 10.6 Å². The van der Waals surface area contributed by atoms with Gasteiger partial charge in [0.15, 0.2) is 0 Å². The Kier molecular flexibility index (Phi) is 4.27. The van der Waals surface area contributed by atoms with Crippen molar-refractivity contribution in [3.8, 4) is 0 Å². The van der Waals surface area contributed by atoms with Crippen LogP contribution >= 0.6 is 0 Å². The molecule has 2 rings (SSSR count). The van der Waals surface area contributed by atoms with E-state index in [-0.39, 0.29) is 18.0 Å². The standard InChI is InChI=1S/C15H20N2O3/c1-9-4-3-5-10(2)13(9)17-15(20)16-12-7-6-11(8-12)14(18)19/h3-5,11-12H,6-8H2,1-2H3,(H,18,19)(H2,16,17,20)/t11-,12+/m1/s1. The summed E-state index contributed by atoms with van der Waals surface area (Å²) in [6.07, 6.45) is 1.86. The second-order valence-corrected chi connectivity index (χ2v) is 5.41. The van der Waals surface area contributed by atoms with Crippen LogP contribution in [0.25, 0.3) is 0 Å². The zero-order chi connectivity index (χ0) is 14.7. The Morgan fingerprint density at radius 3 is 2.40 bits per heavy atom. The Bertz CT molecular complexity index is 508. The number of amides is 2. The van der Waals surface area contributed by atoms with Gasteiger partial charge in [-0.1, -0.05) is 18.2 Å². The van der Waals surface area contributed by atoms with Crippen LogP contribution in [0.1, 0.15) is 30.4 Å². The average Bonchev–Trinajstić information content (AvgIpc) is 2.82. The Morgan fingerprint density at radius 2 is 1.85 bits per heavy atom. The molecule has 0 radical (unpaired) electrons. The van der Waals surface area contributed by atoms with Gasteiger partial charge < -0.3 is 15.7 Å². The molecular weight excluding hydrogens is 256 g/mol. The molecular formula is C15H20N2O3. The maximum atomic E-state index is 12.0. The van der Waals surface area contributed by atoms with Crippen molar-refractivity contribution in [2.45, 2.75) is 39.2 Å². The molecule has 0 saturated heterocycles. The first-order valence-electron chi connectivity index (χ1n) is 6.84. The third-order valence-electron chi connectivity index (χ3n) is 3.84. The summed E-state index contributed by atoms with van der Waals surface area (Å²) >= 11 is 0. The molecule has 0 bridgehead atoms. The molecule has 1 saturated carbocycles. The third kappa shape index (κ3) is 3.29. The number of urea groups is 1. The topological polar surface area (TPSA) is 78.4 Å². The lowest BCUT2D eigenvalue weighted by molar-refractivity contribution is -0.141. The number of nitrogens with one attached hydrogen (secondary N) is 2. The highest BCUT2D eigenvalue weighted by Crippen LogP contribution is 2.26. The molecule has 2 amide bonds. The Hall–Kier alpha value is -2.04. The molecule has 1 aromatic rings. The zero-order valence-corrected chi connectivity index (χ0v) is 11.8. The quantitative estimate of drug-likeness (QED) is 0.794. The average molecular weight is 276 g/mol. The number of benzene rings is 1. The lowest BCUT2D eigenvalue weighted by Gasteiger charge is -2.16. The Balaban J connectivity index is 1.92. The van der Waals surface area contributed by atoms with E-state index in [0.29, 0.717) is 12.8 Å². The summed E-state index contributed by atoms with van der Waals surface area (Å²) in [5, 5.41) is 14.7. The number of carboxylic acid groups (broad SMARTS) is 1. The number of rotatable bonds is 3. The summed E-state index contributed by atoms with van der Waals surface area (Å²) in [6.45, 7) is 3.89. The molecule has 3 N–H and O–H groups in total. The maximum absolute atomic E-state index is 12.0. The molecule has 0 heterocycles. The van der Waals surface area contributed by atoms with Gasteiger partial charge in [-0.25, -0.2) is 4.79 Å². The first-order chi connectivity index (χ1) is 9.47. The number of carbonyl (C=O) groups is 2. The van der Waals surface area contributed by atoms with Crippen molar-refractivity contribution in [1.82, 2.24) is 5.32 Å². The van der Waals surface area contributed by atoms with Gasteiger partial charge in [0.1, 0.15) is 0 Å². The van der Waals surface area contributed by atoms with E-state index in [1.807, 2.05) is 32.0 Å². The van der Waals surface area contributed by atoms with Crippen LogP contribution in [-0.4, -0.2) is 23.1 Å². The second kappa shape index (κ2) is 5.94. The van der Waals surface area contributed by atoms with Gasteiger partial charge in [-0.15, -0.1) is 0 Å². The van der Waals surface area contributed by atoms with E-state index in [9.17, 15) is 9.59 Å². The summed E-state index contributed by atoms with van der Waals surface area (Å²) in [7, 11) is 0. The van der Waals surface area contributed by atoms with Gasteiger partial charge in [-0.3, -0.25) is 4.79 Å². The number of carbonyl (C=O) groups excluding carboxylic acids is 1. The van der Waals surface area contributed by atoms with Crippen LogP contribution in [0.3, 0.4) is 0 Å². The lowest BCUT2D eigenvalue weighted by Crippen LogP contribution is -2.37. The molecule has 1 aliphatic rings. The molecule has 5 heteroatoms. The van der Waals surface area contributed by atoms with Crippen molar-refractivity contribution < 1.29 is 14.7 Å². The van der Waals surface area contributed by atoms with Crippen LogP contribution in [0.4, 0.5) is 10.5 Å². The highest BCUT2D eigenvalue weighted by Gasteiger charge is 2.30. The minimum atomic E-state index is -0.774. The van der Waals surface area contributed by atoms with E-state index < -0.39 is 5.97 Å². The van der Waals surface area contributed by atoms with Crippen molar-refractivity contribution in [3.05, 3.63) is 29.3 Å². The summed E-state index contributed by atoms with van der Waals surface area (Å²) in [4.78, 5) is 22.9. The van der Waals surface area contributed by atoms with Gasteiger partial charge in [-0.2, -0.15) is 0 Å². The molecule has 0 unspecified atom stereocenters. The third-order valence-corrected chi connectivity index (χ3v) is 3.84. The van der Waals surface area contributed by atoms with Crippen LogP contribution in [0, 0.1) is 19.8 Å². The molecule has 1 fully saturated rings. The van der Waals surface area contributed by atoms with Gasteiger partial charge in [0.25, 0.3) is 0 Å². The second-order valence-electron chi connectivity index (χ2n) is 5.41. The van der Waals surface area contributed by atoms with E-state index >= 15 is 0 Å².